The van der Waals surface area contributed by atoms with Crippen molar-refractivity contribution in [2.24, 2.45) is 11.8 Å². The van der Waals surface area contributed by atoms with Crippen molar-refractivity contribution < 1.29 is 23.4 Å². The van der Waals surface area contributed by atoms with Crippen LogP contribution in [0.25, 0.3) is 10.4 Å². The SMILES string of the molecule is Cc1nc(COCC2CC2)c(-c2cc(F)c(N3CCC(CC(=O)O)CC3)c(F)c2)s1. The molecule has 2 aliphatic rings. The van der Waals surface area contributed by atoms with E-state index in [1.54, 1.807) is 4.90 Å². The van der Waals surface area contributed by atoms with Crippen LogP contribution in [-0.4, -0.2) is 35.8 Å². The lowest BCUT2D eigenvalue weighted by Crippen LogP contribution is -2.35. The average molecular weight is 437 g/mol. The molecule has 0 atom stereocenters. The molecule has 162 valence electrons. The second-order valence-electron chi connectivity index (χ2n) is 8.28. The predicted molar refractivity (Wildman–Crippen MR) is 112 cm³/mol. The molecule has 1 saturated carbocycles. The Morgan fingerprint density at radius 2 is 1.87 bits per heavy atom. The maximum absolute atomic E-state index is 15.0. The molecule has 0 radical (unpaired) electrons. The molecule has 30 heavy (non-hydrogen) atoms. The molecule has 4 rings (SSSR count). The number of hydrogen-bond donors (Lipinski definition) is 1. The van der Waals surface area contributed by atoms with Gasteiger partial charge in [-0.2, -0.15) is 0 Å². The summed E-state index contributed by atoms with van der Waals surface area (Å²) < 4.78 is 35.7. The van der Waals surface area contributed by atoms with E-state index in [1.807, 2.05) is 6.92 Å². The smallest absolute Gasteiger partial charge is 0.303 e. The van der Waals surface area contributed by atoms with Crippen LogP contribution in [0.2, 0.25) is 0 Å². The number of aliphatic carboxylic acids is 1. The summed E-state index contributed by atoms with van der Waals surface area (Å²) in [5, 5.41) is 9.77. The normalized spacial score (nSPS) is 17.5. The zero-order chi connectivity index (χ0) is 21.3. The lowest BCUT2D eigenvalue weighted by Gasteiger charge is -2.33. The minimum absolute atomic E-state index is 0.0275. The van der Waals surface area contributed by atoms with Gasteiger partial charge < -0.3 is 14.7 Å². The summed E-state index contributed by atoms with van der Waals surface area (Å²) in [7, 11) is 0. The zero-order valence-electron chi connectivity index (χ0n) is 17.0. The van der Waals surface area contributed by atoms with Crippen LogP contribution < -0.4 is 4.90 Å². The highest BCUT2D eigenvalue weighted by Gasteiger charge is 2.26. The Morgan fingerprint density at radius 3 is 2.47 bits per heavy atom. The number of carboxylic acids is 1. The van der Waals surface area contributed by atoms with Gasteiger partial charge in [-0.3, -0.25) is 4.79 Å². The molecule has 0 unspecified atom stereocenters. The first kappa shape index (κ1) is 21.2. The summed E-state index contributed by atoms with van der Waals surface area (Å²) in [5.41, 5.74) is 1.17. The summed E-state index contributed by atoms with van der Waals surface area (Å²) >= 11 is 1.41. The van der Waals surface area contributed by atoms with E-state index in [1.165, 1.54) is 36.3 Å². The molecule has 2 aromatic rings. The summed E-state index contributed by atoms with van der Waals surface area (Å²) in [6.07, 6.45) is 3.74. The van der Waals surface area contributed by atoms with Gasteiger partial charge in [0.1, 0.15) is 17.3 Å². The third-order valence-corrected chi connectivity index (χ3v) is 6.83. The number of carboxylic acid groups (broad SMARTS) is 1. The molecular weight excluding hydrogens is 410 g/mol. The number of aromatic nitrogens is 1. The number of aryl methyl sites for hydroxylation is 1. The highest BCUT2D eigenvalue weighted by Crippen LogP contribution is 2.37. The van der Waals surface area contributed by atoms with Crippen LogP contribution in [0.1, 0.15) is 42.8 Å². The molecule has 1 N–H and O–H groups in total. The fourth-order valence-corrected chi connectivity index (χ4v) is 4.92. The van der Waals surface area contributed by atoms with Crippen molar-refractivity contribution in [3.8, 4) is 10.4 Å². The van der Waals surface area contributed by atoms with Crippen molar-refractivity contribution in [1.29, 1.82) is 0 Å². The summed E-state index contributed by atoms with van der Waals surface area (Å²) in [5.74, 6) is -1.33. The molecule has 1 aliphatic carbocycles. The van der Waals surface area contributed by atoms with Crippen molar-refractivity contribution in [2.75, 3.05) is 24.6 Å². The third-order valence-electron chi connectivity index (χ3n) is 5.77. The van der Waals surface area contributed by atoms with Gasteiger partial charge in [0.25, 0.3) is 0 Å². The van der Waals surface area contributed by atoms with Crippen LogP contribution in [-0.2, 0) is 16.1 Å². The number of ether oxygens (including phenoxy) is 1. The van der Waals surface area contributed by atoms with E-state index in [9.17, 15) is 13.6 Å². The van der Waals surface area contributed by atoms with E-state index in [-0.39, 0.29) is 18.0 Å². The zero-order valence-corrected chi connectivity index (χ0v) is 17.8. The van der Waals surface area contributed by atoms with E-state index < -0.39 is 17.6 Å². The van der Waals surface area contributed by atoms with Crippen LogP contribution in [0.15, 0.2) is 12.1 Å². The number of benzene rings is 1. The Hall–Kier alpha value is -2.06. The van der Waals surface area contributed by atoms with Gasteiger partial charge in [0.05, 0.1) is 22.2 Å². The molecule has 2 heterocycles. The Labute approximate surface area is 178 Å². The average Bonchev–Trinajstić information content (AvgIpc) is 3.43. The van der Waals surface area contributed by atoms with E-state index >= 15 is 0 Å². The topological polar surface area (TPSA) is 62.7 Å². The molecule has 1 aliphatic heterocycles. The summed E-state index contributed by atoms with van der Waals surface area (Å²) in [6.45, 7) is 3.82. The first-order valence-corrected chi connectivity index (χ1v) is 11.2. The van der Waals surface area contributed by atoms with Crippen molar-refractivity contribution in [3.05, 3.63) is 34.5 Å². The Kier molecular flexibility index (Phi) is 6.34. The van der Waals surface area contributed by atoms with Gasteiger partial charge in [0.2, 0.25) is 0 Å². The van der Waals surface area contributed by atoms with Crippen LogP contribution in [0.3, 0.4) is 0 Å². The largest absolute Gasteiger partial charge is 0.481 e. The van der Waals surface area contributed by atoms with Crippen LogP contribution >= 0.6 is 11.3 Å². The van der Waals surface area contributed by atoms with Crippen molar-refractivity contribution >= 4 is 23.0 Å². The Balaban J connectivity index is 1.50. The van der Waals surface area contributed by atoms with Gasteiger partial charge in [-0.1, -0.05) is 0 Å². The van der Waals surface area contributed by atoms with E-state index in [2.05, 4.69) is 4.98 Å². The van der Waals surface area contributed by atoms with Gasteiger partial charge in [-0.15, -0.1) is 11.3 Å². The van der Waals surface area contributed by atoms with E-state index in [4.69, 9.17) is 9.84 Å². The molecular formula is C22H26F2N2O3S. The predicted octanol–water partition coefficient (Wildman–Crippen LogP) is 5.01. The quantitative estimate of drug-likeness (QED) is 0.630. The second kappa shape index (κ2) is 8.98. The maximum atomic E-state index is 15.0. The molecule has 0 amide bonds. The minimum atomic E-state index is -0.827. The van der Waals surface area contributed by atoms with Gasteiger partial charge in [0.15, 0.2) is 0 Å². The van der Waals surface area contributed by atoms with Gasteiger partial charge in [0, 0.05) is 26.1 Å². The van der Waals surface area contributed by atoms with Crippen molar-refractivity contribution in [2.45, 2.75) is 45.6 Å². The number of carbonyl (C=O) groups is 1. The Bertz CT molecular complexity index is 898. The lowest BCUT2D eigenvalue weighted by atomic mass is 9.93. The summed E-state index contributed by atoms with van der Waals surface area (Å²) in [6, 6.07) is 2.75. The molecule has 1 aromatic heterocycles. The van der Waals surface area contributed by atoms with Gasteiger partial charge in [-0.25, -0.2) is 13.8 Å². The van der Waals surface area contributed by atoms with Crippen LogP contribution in [0, 0.1) is 30.4 Å². The van der Waals surface area contributed by atoms with Crippen LogP contribution in [0.4, 0.5) is 14.5 Å². The number of piperidine rings is 1. The third kappa shape index (κ3) is 4.98. The van der Waals surface area contributed by atoms with Crippen molar-refractivity contribution in [3.63, 3.8) is 0 Å². The van der Waals surface area contributed by atoms with Gasteiger partial charge >= 0.3 is 5.97 Å². The number of rotatable bonds is 8. The highest BCUT2D eigenvalue weighted by molar-refractivity contribution is 7.15. The fourth-order valence-electron chi connectivity index (χ4n) is 4.01. The Morgan fingerprint density at radius 1 is 1.20 bits per heavy atom. The number of nitrogens with zero attached hydrogens (tertiary/aromatic N) is 2. The van der Waals surface area contributed by atoms with Crippen molar-refractivity contribution in [1.82, 2.24) is 4.98 Å². The number of halogens is 2. The molecule has 2 fully saturated rings. The van der Waals surface area contributed by atoms with E-state index in [0.717, 1.165) is 15.6 Å². The second-order valence-corrected chi connectivity index (χ2v) is 9.49. The standard InChI is InChI=1S/C22H26F2N2O3S/c1-13-25-19(12-29-11-15-2-3-15)22(30-13)16-9-17(23)21(18(24)10-16)26-6-4-14(5-7-26)8-20(27)28/h9-10,14-15H,2-8,11-12H2,1H3,(H,27,28). The molecule has 1 saturated heterocycles. The summed E-state index contributed by atoms with van der Waals surface area (Å²) in [4.78, 5) is 17.8. The number of anilines is 1. The van der Waals surface area contributed by atoms with Crippen LogP contribution in [0.5, 0.6) is 0 Å². The molecule has 0 spiro atoms. The maximum Gasteiger partial charge on any atom is 0.303 e. The first-order chi connectivity index (χ1) is 14.4. The highest BCUT2D eigenvalue weighted by atomic mass is 32.1. The molecule has 1 aromatic carbocycles. The number of thiazole rings is 1. The lowest BCUT2D eigenvalue weighted by molar-refractivity contribution is -0.138. The minimum Gasteiger partial charge on any atom is -0.481 e. The first-order valence-electron chi connectivity index (χ1n) is 10.4. The fraction of sp³-hybridized carbons (Fsp3) is 0.545. The van der Waals surface area contributed by atoms with Gasteiger partial charge in [-0.05, 0) is 62.1 Å². The molecule has 0 bridgehead atoms. The molecule has 8 heteroatoms. The monoisotopic (exact) mass is 436 g/mol. The molecule has 5 nitrogen and oxygen atoms in total. The van der Waals surface area contributed by atoms with E-state index in [0.29, 0.717) is 50.6 Å². The number of hydrogen-bond acceptors (Lipinski definition) is 5.